The summed E-state index contributed by atoms with van der Waals surface area (Å²) in [5, 5.41) is 0. The fraction of sp³-hybridized carbons (Fsp3) is 0.500. The quantitative estimate of drug-likeness (QED) is 0.903. The highest BCUT2D eigenvalue weighted by Crippen LogP contribution is 2.22. The van der Waals surface area contributed by atoms with Gasteiger partial charge < -0.3 is 0 Å². The van der Waals surface area contributed by atoms with Gasteiger partial charge in [-0.05, 0) is 39.8 Å². The summed E-state index contributed by atoms with van der Waals surface area (Å²) < 4.78 is 28.8. The maximum Gasteiger partial charge on any atom is 0.129 e. The van der Waals surface area contributed by atoms with Crippen molar-refractivity contribution in [3.8, 4) is 0 Å². The second-order valence-corrected chi connectivity index (χ2v) is 7.80. The van der Waals surface area contributed by atoms with Crippen molar-refractivity contribution in [3.05, 3.63) is 34.1 Å². The third kappa shape index (κ3) is 4.16. The van der Waals surface area contributed by atoms with Crippen LogP contribution in [0.4, 0.5) is 4.39 Å². The van der Waals surface area contributed by atoms with Crippen LogP contribution < -0.4 is 4.72 Å². The lowest BCUT2D eigenvalue weighted by atomic mass is 10.1. The summed E-state index contributed by atoms with van der Waals surface area (Å²) >= 11 is 3.21. The van der Waals surface area contributed by atoms with Crippen molar-refractivity contribution in [2.24, 2.45) is 0 Å². The van der Waals surface area contributed by atoms with E-state index in [0.717, 1.165) is 0 Å². The third-order valence-corrected chi connectivity index (χ3v) is 4.44. The van der Waals surface area contributed by atoms with Crippen molar-refractivity contribution in [3.63, 3.8) is 0 Å². The second kappa shape index (κ2) is 5.59. The normalized spacial score (nSPS) is 15.6. The first-order valence-electron chi connectivity index (χ1n) is 5.35. The van der Waals surface area contributed by atoms with E-state index in [1.54, 1.807) is 19.1 Å². The van der Waals surface area contributed by atoms with E-state index in [-0.39, 0.29) is 16.6 Å². The molecule has 2 atom stereocenters. The number of nitrogens with one attached hydrogen (secondary N) is 1. The van der Waals surface area contributed by atoms with Gasteiger partial charge in [0.25, 0.3) is 0 Å². The fourth-order valence-corrected chi connectivity index (χ4v) is 2.39. The minimum atomic E-state index is -1.21. The van der Waals surface area contributed by atoms with Gasteiger partial charge in [-0.2, -0.15) is 0 Å². The number of rotatable bonds is 3. The molecule has 1 rings (SSSR count). The average molecular weight is 322 g/mol. The molecular weight excluding hydrogens is 305 g/mol. The Hall–Kier alpha value is -0.260. The molecule has 0 saturated heterocycles. The smallest absolute Gasteiger partial charge is 0.129 e. The first-order valence-corrected chi connectivity index (χ1v) is 7.29. The van der Waals surface area contributed by atoms with Crippen LogP contribution in [0.3, 0.4) is 0 Å². The lowest BCUT2D eigenvalue weighted by molar-refractivity contribution is 0.571. The van der Waals surface area contributed by atoms with E-state index in [9.17, 15) is 8.60 Å². The van der Waals surface area contributed by atoms with Crippen molar-refractivity contribution >= 4 is 26.9 Å². The number of halogens is 2. The third-order valence-electron chi connectivity index (χ3n) is 2.27. The summed E-state index contributed by atoms with van der Waals surface area (Å²) in [7, 11) is -1.21. The van der Waals surface area contributed by atoms with Crippen LogP contribution in [-0.2, 0) is 11.0 Å². The van der Waals surface area contributed by atoms with Crippen molar-refractivity contribution < 1.29 is 8.60 Å². The maximum atomic E-state index is 13.7. The first-order chi connectivity index (χ1) is 7.71. The first kappa shape index (κ1) is 14.8. The predicted octanol–water partition coefficient (Wildman–Crippen LogP) is 3.70. The molecule has 0 amide bonds. The molecule has 0 unspecified atom stereocenters. The van der Waals surface area contributed by atoms with E-state index in [0.29, 0.717) is 10.0 Å². The molecule has 0 saturated carbocycles. The summed E-state index contributed by atoms with van der Waals surface area (Å²) in [5.41, 5.74) is 0.519. The molecular formula is C12H17BrFNOS. The molecule has 1 N–H and O–H groups in total. The fourth-order valence-electron chi connectivity index (χ4n) is 1.25. The van der Waals surface area contributed by atoms with Gasteiger partial charge in [0.15, 0.2) is 0 Å². The van der Waals surface area contributed by atoms with Crippen molar-refractivity contribution in [2.45, 2.75) is 38.5 Å². The molecule has 0 spiro atoms. The number of hydrogen-bond acceptors (Lipinski definition) is 1. The zero-order valence-corrected chi connectivity index (χ0v) is 12.8. The predicted molar refractivity (Wildman–Crippen MR) is 73.5 cm³/mol. The van der Waals surface area contributed by atoms with Gasteiger partial charge in [-0.1, -0.05) is 22.0 Å². The van der Waals surface area contributed by atoms with Crippen LogP contribution in [0.2, 0.25) is 0 Å². The molecule has 0 radical (unpaired) electrons. The van der Waals surface area contributed by atoms with Gasteiger partial charge >= 0.3 is 0 Å². The minimum absolute atomic E-state index is 0.289. The Bertz CT molecular complexity index is 431. The van der Waals surface area contributed by atoms with Gasteiger partial charge in [0.2, 0.25) is 0 Å². The van der Waals surface area contributed by atoms with Crippen LogP contribution in [0, 0.1) is 5.82 Å². The average Bonchev–Trinajstić information content (AvgIpc) is 2.15. The van der Waals surface area contributed by atoms with Crippen LogP contribution in [-0.4, -0.2) is 8.96 Å². The molecule has 0 aliphatic heterocycles. The Balaban J connectivity index is 2.84. The van der Waals surface area contributed by atoms with E-state index < -0.39 is 11.0 Å². The van der Waals surface area contributed by atoms with Crippen LogP contribution in [0.25, 0.3) is 0 Å². The highest BCUT2D eigenvalue weighted by molar-refractivity contribution is 9.10. The zero-order valence-electron chi connectivity index (χ0n) is 10.4. The number of hydrogen-bond donors (Lipinski definition) is 1. The molecule has 0 bridgehead atoms. The van der Waals surface area contributed by atoms with Gasteiger partial charge in [-0.25, -0.2) is 13.3 Å². The Morgan fingerprint density at radius 2 is 2.00 bits per heavy atom. The molecule has 1 aromatic rings. The molecule has 0 fully saturated rings. The molecule has 0 aliphatic carbocycles. The highest BCUT2D eigenvalue weighted by atomic mass is 79.9. The summed E-state index contributed by atoms with van der Waals surface area (Å²) in [6.07, 6.45) is 0. The largest absolute Gasteiger partial charge is 0.242 e. The summed E-state index contributed by atoms with van der Waals surface area (Å²) in [5.74, 6) is -0.301. The Kier molecular flexibility index (Phi) is 4.86. The van der Waals surface area contributed by atoms with E-state index >= 15 is 0 Å². The van der Waals surface area contributed by atoms with Crippen LogP contribution in [0.1, 0.15) is 39.3 Å². The van der Waals surface area contributed by atoms with E-state index in [4.69, 9.17) is 0 Å². The summed E-state index contributed by atoms with van der Waals surface area (Å²) in [6.45, 7) is 7.43. The van der Waals surface area contributed by atoms with Crippen LogP contribution >= 0.6 is 15.9 Å². The molecule has 0 aliphatic rings. The lowest BCUT2D eigenvalue weighted by Crippen LogP contribution is -2.35. The Morgan fingerprint density at radius 1 is 1.41 bits per heavy atom. The summed E-state index contributed by atoms with van der Waals surface area (Å²) in [4.78, 5) is 0. The molecule has 0 heterocycles. The van der Waals surface area contributed by atoms with Gasteiger partial charge in [0.05, 0.1) is 15.7 Å². The van der Waals surface area contributed by atoms with E-state index in [2.05, 4.69) is 20.7 Å². The highest BCUT2D eigenvalue weighted by Gasteiger charge is 2.22. The SMILES string of the molecule is C[C@H](N[S@@](=O)C(C)(C)C)c1ccc(Br)cc1F. The van der Waals surface area contributed by atoms with Gasteiger partial charge in [-0.15, -0.1) is 0 Å². The minimum Gasteiger partial charge on any atom is -0.242 e. The monoisotopic (exact) mass is 321 g/mol. The molecule has 0 aromatic heterocycles. The lowest BCUT2D eigenvalue weighted by Gasteiger charge is -2.22. The number of benzene rings is 1. The van der Waals surface area contributed by atoms with Gasteiger partial charge in [0, 0.05) is 16.1 Å². The Morgan fingerprint density at radius 3 is 2.47 bits per heavy atom. The van der Waals surface area contributed by atoms with E-state index in [1.807, 2.05) is 20.8 Å². The van der Waals surface area contributed by atoms with Crippen molar-refractivity contribution in [1.82, 2.24) is 4.72 Å². The van der Waals surface area contributed by atoms with Crippen molar-refractivity contribution in [2.75, 3.05) is 0 Å². The van der Waals surface area contributed by atoms with Crippen LogP contribution in [0.15, 0.2) is 22.7 Å². The Labute approximate surface area is 113 Å². The second-order valence-electron chi connectivity index (χ2n) is 4.89. The molecule has 96 valence electrons. The van der Waals surface area contributed by atoms with Crippen LogP contribution in [0.5, 0.6) is 0 Å². The molecule has 1 aromatic carbocycles. The van der Waals surface area contributed by atoms with Gasteiger partial charge in [0.1, 0.15) is 5.82 Å². The summed E-state index contributed by atoms with van der Waals surface area (Å²) in [6, 6.07) is 4.59. The zero-order chi connectivity index (χ0) is 13.2. The molecule has 2 nitrogen and oxygen atoms in total. The standard InChI is InChI=1S/C12H17BrFNOS/c1-8(15-17(16)12(2,3)4)10-6-5-9(13)7-11(10)14/h5-8,15H,1-4H3/t8-,17-/m0/s1. The maximum absolute atomic E-state index is 13.7. The topological polar surface area (TPSA) is 29.1 Å². The molecule has 5 heteroatoms. The van der Waals surface area contributed by atoms with Crippen molar-refractivity contribution in [1.29, 1.82) is 0 Å². The molecule has 17 heavy (non-hydrogen) atoms. The van der Waals surface area contributed by atoms with E-state index in [1.165, 1.54) is 6.07 Å². The van der Waals surface area contributed by atoms with Gasteiger partial charge in [-0.3, -0.25) is 0 Å².